The van der Waals surface area contributed by atoms with Crippen LogP contribution in [0.1, 0.15) is 71.8 Å². The summed E-state index contributed by atoms with van der Waals surface area (Å²) in [7, 11) is -0.962. The third-order valence-electron chi connectivity index (χ3n) is 5.92. The predicted octanol–water partition coefficient (Wildman–Crippen LogP) is 6.87. The predicted molar refractivity (Wildman–Crippen MR) is 123 cm³/mol. The van der Waals surface area contributed by atoms with E-state index in [0.29, 0.717) is 12.5 Å². The van der Waals surface area contributed by atoms with Crippen molar-refractivity contribution in [1.29, 1.82) is 0 Å². The summed E-state index contributed by atoms with van der Waals surface area (Å²) in [5.74, 6) is 1.33. The first-order chi connectivity index (χ1) is 12.9. The molecule has 1 aliphatic heterocycles. The van der Waals surface area contributed by atoms with Crippen molar-refractivity contribution in [2.75, 3.05) is 13.2 Å². The summed E-state index contributed by atoms with van der Waals surface area (Å²) >= 11 is 0. The molecule has 0 N–H and O–H groups in total. The van der Waals surface area contributed by atoms with Gasteiger partial charge >= 0.3 is 0 Å². The second-order valence-corrected chi connectivity index (χ2v) is 16.7. The standard InChI is InChI=1S/C24H43NO2Si/c1-20(19-27-25-23(2,3)15-9-16-24(25,4)5)21-11-13-22(14-12-21)26-17-10-18-28(6,7)8/h11-14,20H,9-10,15-19H2,1-8H3. The second kappa shape index (κ2) is 9.31. The summed E-state index contributed by atoms with van der Waals surface area (Å²) in [5, 5.41) is 2.26. The van der Waals surface area contributed by atoms with Gasteiger partial charge in [0.2, 0.25) is 0 Å². The summed E-state index contributed by atoms with van der Waals surface area (Å²) in [6.07, 6.45) is 4.81. The zero-order valence-corrected chi connectivity index (χ0v) is 20.6. The molecule has 0 aliphatic carbocycles. The van der Waals surface area contributed by atoms with Crippen LogP contribution in [0.5, 0.6) is 5.75 Å². The largest absolute Gasteiger partial charge is 0.494 e. The molecular weight excluding hydrogens is 362 g/mol. The zero-order chi connectivity index (χ0) is 21.0. The van der Waals surface area contributed by atoms with Gasteiger partial charge in [-0.05, 0) is 71.1 Å². The van der Waals surface area contributed by atoms with E-state index in [1.165, 1.54) is 30.9 Å². The highest BCUT2D eigenvalue weighted by Gasteiger charge is 2.42. The minimum absolute atomic E-state index is 0.0923. The molecule has 1 aliphatic rings. The van der Waals surface area contributed by atoms with Crippen molar-refractivity contribution in [1.82, 2.24) is 5.06 Å². The number of hydrogen-bond donors (Lipinski definition) is 0. The number of benzene rings is 1. The highest BCUT2D eigenvalue weighted by Crippen LogP contribution is 2.38. The number of nitrogens with zero attached hydrogens (tertiary/aromatic N) is 1. The quantitative estimate of drug-likeness (QED) is 0.330. The van der Waals surface area contributed by atoms with Gasteiger partial charge in [0.25, 0.3) is 0 Å². The Morgan fingerprint density at radius 3 is 2.11 bits per heavy atom. The van der Waals surface area contributed by atoms with Crippen molar-refractivity contribution in [2.45, 2.75) is 103 Å². The molecule has 1 fully saturated rings. The van der Waals surface area contributed by atoms with Crippen molar-refractivity contribution in [3.8, 4) is 5.75 Å². The van der Waals surface area contributed by atoms with Crippen molar-refractivity contribution in [3.63, 3.8) is 0 Å². The first-order valence-electron chi connectivity index (χ1n) is 11.1. The van der Waals surface area contributed by atoms with Gasteiger partial charge in [-0.1, -0.05) is 44.7 Å². The first kappa shape index (κ1) is 23.4. The van der Waals surface area contributed by atoms with Gasteiger partial charge in [-0.25, -0.2) is 0 Å². The minimum Gasteiger partial charge on any atom is -0.494 e. The maximum absolute atomic E-state index is 6.38. The molecule has 0 radical (unpaired) electrons. The lowest BCUT2D eigenvalue weighted by Gasteiger charge is -2.51. The molecule has 3 nitrogen and oxygen atoms in total. The second-order valence-electron chi connectivity index (χ2n) is 11.1. The molecule has 1 aromatic rings. The average molecular weight is 406 g/mol. The molecule has 1 saturated heterocycles. The van der Waals surface area contributed by atoms with Crippen molar-refractivity contribution in [2.24, 2.45) is 0 Å². The van der Waals surface area contributed by atoms with E-state index in [2.05, 4.69) is 83.6 Å². The van der Waals surface area contributed by atoms with E-state index in [-0.39, 0.29) is 11.1 Å². The molecule has 0 bridgehead atoms. The van der Waals surface area contributed by atoms with E-state index < -0.39 is 8.07 Å². The number of rotatable bonds is 9. The molecule has 2 rings (SSSR count). The highest BCUT2D eigenvalue weighted by molar-refractivity contribution is 6.76. The lowest BCUT2D eigenvalue weighted by Crippen LogP contribution is -2.58. The van der Waals surface area contributed by atoms with Crippen LogP contribution in [0.2, 0.25) is 25.7 Å². The number of piperidine rings is 1. The Morgan fingerprint density at radius 2 is 1.57 bits per heavy atom. The highest BCUT2D eigenvalue weighted by atomic mass is 28.3. The Kier molecular flexibility index (Phi) is 7.80. The zero-order valence-electron chi connectivity index (χ0n) is 19.6. The average Bonchev–Trinajstić information content (AvgIpc) is 2.56. The maximum Gasteiger partial charge on any atom is 0.119 e. The maximum atomic E-state index is 6.38. The SMILES string of the molecule is CC(CON1C(C)(C)CCCC1(C)C)c1ccc(OCCC[Si](C)(C)C)cc1. The summed E-state index contributed by atoms with van der Waals surface area (Å²) in [4.78, 5) is 6.38. The third kappa shape index (κ3) is 6.89. The summed E-state index contributed by atoms with van der Waals surface area (Å²) < 4.78 is 5.93. The van der Waals surface area contributed by atoms with Gasteiger partial charge in [0.1, 0.15) is 5.75 Å². The molecule has 1 atom stereocenters. The van der Waals surface area contributed by atoms with Crippen LogP contribution in [0, 0.1) is 0 Å². The van der Waals surface area contributed by atoms with Crippen molar-refractivity contribution in [3.05, 3.63) is 29.8 Å². The van der Waals surface area contributed by atoms with E-state index in [4.69, 9.17) is 9.57 Å². The van der Waals surface area contributed by atoms with Crippen LogP contribution in [0.25, 0.3) is 0 Å². The molecule has 0 spiro atoms. The van der Waals surface area contributed by atoms with E-state index in [9.17, 15) is 0 Å². The molecule has 0 aromatic heterocycles. The lowest BCUT2D eigenvalue weighted by atomic mass is 9.82. The summed E-state index contributed by atoms with van der Waals surface area (Å²) in [6, 6.07) is 9.91. The van der Waals surface area contributed by atoms with Gasteiger partial charge in [-0.2, -0.15) is 5.06 Å². The molecule has 1 unspecified atom stereocenters. The Morgan fingerprint density at radius 1 is 1.00 bits per heavy atom. The third-order valence-corrected chi connectivity index (χ3v) is 7.77. The fourth-order valence-electron chi connectivity index (χ4n) is 4.29. The van der Waals surface area contributed by atoms with E-state index in [1.54, 1.807) is 0 Å². The van der Waals surface area contributed by atoms with Crippen LogP contribution in [-0.4, -0.2) is 37.4 Å². The molecule has 1 aromatic carbocycles. The van der Waals surface area contributed by atoms with Crippen LogP contribution in [-0.2, 0) is 4.84 Å². The normalized spacial score (nSPS) is 20.7. The van der Waals surface area contributed by atoms with Crippen LogP contribution >= 0.6 is 0 Å². The Bertz CT molecular complexity index is 588. The lowest BCUT2D eigenvalue weighted by molar-refractivity contribution is -0.282. The van der Waals surface area contributed by atoms with Gasteiger partial charge < -0.3 is 4.74 Å². The van der Waals surface area contributed by atoms with Gasteiger partial charge in [0.05, 0.1) is 13.2 Å². The van der Waals surface area contributed by atoms with Crippen LogP contribution in [0.3, 0.4) is 0 Å². The van der Waals surface area contributed by atoms with Gasteiger partial charge in [0, 0.05) is 25.1 Å². The Balaban J connectivity index is 1.85. The van der Waals surface area contributed by atoms with Gasteiger partial charge in [-0.15, -0.1) is 0 Å². The molecule has 0 amide bonds. The van der Waals surface area contributed by atoms with Crippen LogP contribution in [0.4, 0.5) is 0 Å². The molecule has 1 heterocycles. The minimum atomic E-state index is -0.962. The molecule has 28 heavy (non-hydrogen) atoms. The van der Waals surface area contributed by atoms with Gasteiger partial charge in [-0.3, -0.25) is 4.84 Å². The number of ether oxygens (including phenoxy) is 1. The van der Waals surface area contributed by atoms with Crippen molar-refractivity contribution < 1.29 is 9.57 Å². The van der Waals surface area contributed by atoms with E-state index in [1.807, 2.05) is 0 Å². The first-order valence-corrected chi connectivity index (χ1v) is 14.8. The van der Waals surface area contributed by atoms with Gasteiger partial charge in [0.15, 0.2) is 0 Å². The molecule has 4 heteroatoms. The van der Waals surface area contributed by atoms with Crippen LogP contribution < -0.4 is 4.74 Å². The van der Waals surface area contributed by atoms with E-state index >= 15 is 0 Å². The number of hydrogen-bond acceptors (Lipinski definition) is 3. The summed E-state index contributed by atoms with van der Waals surface area (Å²) in [5.41, 5.74) is 1.49. The topological polar surface area (TPSA) is 21.7 Å². The summed E-state index contributed by atoms with van der Waals surface area (Å²) in [6.45, 7) is 20.2. The van der Waals surface area contributed by atoms with E-state index in [0.717, 1.165) is 18.8 Å². The number of hydroxylamine groups is 2. The molecule has 0 saturated carbocycles. The fraction of sp³-hybridized carbons (Fsp3) is 0.750. The molecular formula is C24H43NO2Si. The Hall–Kier alpha value is -0.843. The molecule has 160 valence electrons. The van der Waals surface area contributed by atoms with Crippen molar-refractivity contribution >= 4 is 8.07 Å². The Labute approximate surface area is 174 Å². The monoisotopic (exact) mass is 405 g/mol. The smallest absolute Gasteiger partial charge is 0.119 e. The van der Waals surface area contributed by atoms with Crippen LogP contribution in [0.15, 0.2) is 24.3 Å². The fourth-order valence-corrected chi connectivity index (χ4v) is 5.50.